The molecule has 3 aromatic carbocycles. The maximum atomic E-state index is 13.8. The van der Waals surface area contributed by atoms with Gasteiger partial charge < -0.3 is 19.4 Å². The number of carbonyl (C=O) groups excluding carboxylic acids is 2. The van der Waals surface area contributed by atoms with Crippen LogP contribution >= 0.6 is 27.5 Å². The van der Waals surface area contributed by atoms with Gasteiger partial charge in [-0.15, -0.1) is 0 Å². The number of hydrogen-bond donors (Lipinski definition) is 2. The van der Waals surface area contributed by atoms with E-state index in [1.165, 1.54) is 11.0 Å². The maximum absolute atomic E-state index is 13.8. The van der Waals surface area contributed by atoms with Crippen molar-refractivity contribution < 1.29 is 29.0 Å². The van der Waals surface area contributed by atoms with Crippen LogP contribution in [0, 0.1) is 6.92 Å². The molecule has 37 heavy (non-hydrogen) atoms. The topological polar surface area (TPSA) is 100 Å². The van der Waals surface area contributed by atoms with Gasteiger partial charge in [0.1, 0.15) is 5.58 Å². The van der Waals surface area contributed by atoms with Gasteiger partial charge in [0.15, 0.2) is 23.0 Å². The second-order valence-corrected chi connectivity index (χ2v) is 9.90. The minimum Gasteiger partial charge on any atom is -0.504 e. The van der Waals surface area contributed by atoms with E-state index >= 15 is 0 Å². The fourth-order valence-electron chi connectivity index (χ4n) is 4.47. The van der Waals surface area contributed by atoms with Crippen LogP contribution < -0.4 is 9.64 Å². The summed E-state index contributed by atoms with van der Waals surface area (Å²) in [5.41, 5.74) is 1.91. The number of ether oxygens (including phenoxy) is 1. The van der Waals surface area contributed by atoms with Crippen molar-refractivity contribution in [1.82, 2.24) is 0 Å². The number of Topliss-reactive ketones (excluding diaryl/α,β-unsaturated/α-hetero) is 1. The molecule has 2 N–H and O–H groups in total. The lowest BCUT2D eigenvalue weighted by atomic mass is 9.94. The molecule has 1 amide bonds. The van der Waals surface area contributed by atoms with Crippen molar-refractivity contribution in [1.29, 1.82) is 0 Å². The Morgan fingerprint density at radius 2 is 1.89 bits per heavy atom. The number of aliphatic hydroxyl groups is 1. The van der Waals surface area contributed by atoms with E-state index < -0.39 is 23.5 Å². The Balaban J connectivity index is 1.70. The normalized spacial score (nSPS) is 15.6. The molecule has 4 aromatic rings. The molecule has 0 bridgehead atoms. The molecular formula is C28H21BrClNO6. The molecule has 1 aliphatic heterocycles. The average Bonchev–Trinajstić information content (AvgIpc) is 3.40. The molecule has 0 radical (unpaired) electrons. The van der Waals surface area contributed by atoms with Gasteiger partial charge in [-0.25, -0.2) is 0 Å². The van der Waals surface area contributed by atoms with Crippen LogP contribution in [0.3, 0.4) is 0 Å². The Labute approximate surface area is 225 Å². The molecule has 1 aliphatic rings. The van der Waals surface area contributed by atoms with Gasteiger partial charge in [0, 0.05) is 20.6 Å². The molecule has 0 saturated carbocycles. The number of nitrogens with zero attached hydrogens (tertiary/aromatic N) is 1. The van der Waals surface area contributed by atoms with Gasteiger partial charge in [0.2, 0.25) is 5.78 Å². The number of benzene rings is 3. The summed E-state index contributed by atoms with van der Waals surface area (Å²) in [6, 6.07) is 15.4. The van der Waals surface area contributed by atoms with Crippen molar-refractivity contribution in [2.24, 2.45) is 0 Å². The number of aromatic hydroxyl groups is 1. The lowest BCUT2D eigenvalue weighted by molar-refractivity contribution is -0.117. The second kappa shape index (κ2) is 9.61. The van der Waals surface area contributed by atoms with Gasteiger partial charge in [0.05, 0.1) is 18.2 Å². The molecule has 1 unspecified atom stereocenters. The van der Waals surface area contributed by atoms with E-state index in [1.807, 2.05) is 0 Å². The number of fused-ring (bicyclic) bond motifs is 1. The van der Waals surface area contributed by atoms with Crippen molar-refractivity contribution in [3.63, 3.8) is 0 Å². The van der Waals surface area contributed by atoms with Crippen LogP contribution in [0.1, 0.15) is 34.6 Å². The van der Waals surface area contributed by atoms with Crippen LogP contribution in [0.25, 0.3) is 11.0 Å². The first-order valence-corrected chi connectivity index (χ1v) is 12.6. The van der Waals surface area contributed by atoms with Crippen LogP contribution in [0.4, 0.5) is 5.69 Å². The number of furan rings is 1. The zero-order chi connectivity index (χ0) is 26.4. The summed E-state index contributed by atoms with van der Waals surface area (Å²) < 4.78 is 12.2. The van der Waals surface area contributed by atoms with E-state index in [9.17, 15) is 19.8 Å². The molecule has 0 aliphatic carbocycles. The molecule has 1 aromatic heterocycles. The molecule has 188 valence electrons. The minimum atomic E-state index is -1.04. The standard InChI is InChI=1S/C28H21BrClNO6/c1-3-36-22-11-15(5-8-20(22)32)25-24(26(33)23-12-16-10-17(29)6-9-21(16)37-23)27(34)28(35)31(25)19-13-18(30)7-4-14(19)2/h4-13,25,32,34H,3H2,1-2H3. The van der Waals surface area contributed by atoms with Gasteiger partial charge in [-0.3, -0.25) is 14.5 Å². The van der Waals surface area contributed by atoms with Crippen molar-refractivity contribution in [3.05, 3.63) is 98.4 Å². The molecule has 9 heteroatoms. The van der Waals surface area contributed by atoms with E-state index in [1.54, 1.807) is 68.4 Å². The summed E-state index contributed by atoms with van der Waals surface area (Å²) in [5.74, 6) is -2.03. The van der Waals surface area contributed by atoms with Crippen LogP contribution in [0.5, 0.6) is 11.5 Å². The van der Waals surface area contributed by atoms with Crippen molar-refractivity contribution in [2.45, 2.75) is 19.9 Å². The van der Waals surface area contributed by atoms with Crippen LogP contribution in [-0.2, 0) is 4.79 Å². The Kier molecular flexibility index (Phi) is 6.47. The predicted octanol–water partition coefficient (Wildman–Crippen LogP) is 7.04. The highest BCUT2D eigenvalue weighted by molar-refractivity contribution is 9.10. The molecule has 5 rings (SSSR count). The van der Waals surface area contributed by atoms with Crippen LogP contribution in [-0.4, -0.2) is 28.5 Å². The fourth-order valence-corrected chi connectivity index (χ4v) is 5.02. The number of aliphatic hydroxyl groups excluding tert-OH is 1. The molecule has 0 saturated heterocycles. The summed E-state index contributed by atoms with van der Waals surface area (Å²) in [4.78, 5) is 28.7. The first kappa shape index (κ1) is 24.9. The van der Waals surface area contributed by atoms with E-state index in [4.69, 9.17) is 20.8 Å². The van der Waals surface area contributed by atoms with Gasteiger partial charge >= 0.3 is 0 Å². The zero-order valence-electron chi connectivity index (χ0n) is 19.8. The summed E-state index contributed by atoms with van der Waals surface area (Å²) in [6.45, 7) is 3.86. The zero-order valence-corrected chi connectivity index (χ0v) is 22.1. The fraction of sp³-hybridized carbons (Fsp3) is 0.143. The number of hydrogen-bond acceptors (Lipinski definition) is 6. The number of aryl methyl sites for hydroxylation is 1. The van der Waals surface area contributed by atoms with Crippen LogP contribution in [0.15, 0.2) is 80.9 Å². The Bertz CT molecular complexity index is 1610. The third-order valence-electron chi connectivity index (χ3n) is 6.19. The monoisotopic (exact) mass is 581 g/mol. The Hall–Kier alpha value is -3.75. The number of phenols is 1. The highest BCUT2D eigenvalue weighted by atomic mass is 79.9. The number of phenolic OH excluding ortho intramolecular Hbond substituents is 1. The summed E-state index contributed by atoms with van der Waals surface area (Å²) in [7, 11) is 0. The van der Waals surface area contributed by atoms with E-state index in [0.29, 0.717) is 39.4 Å². The number of amides is 1. The minimum absolute atomic E-state index is 0.0269. The summed E-state index contributed by atoms with van der Waals surface area (Å²) >= 11 is 9.66. The highest BCUT2D eigenvalue weighted by Crippen LogP contribution is 2.45. The van der Waals surface area contributed by atoms with Crippen molar-refractivity contribution in [3.8, 4) is 11.5 Å². The first-order chi connectivity index (χ1) is 17.7. The van der Waals surface area contributed by atoms with Gasteiger partial charge in [-0.05, 0) is 73.5 Å². The Morgan fingerprint density at radius 3 is 2.65 bits per heavy atom. The first-order valence-electron chi connectivity index (χ1n) is 11.4. The van der Waals surface area contributed by atoms with E-state index in [2.05, 4.69) is 15.9 Å². The van der Waals surface area contributed by atoms with Gasteiger partial charge in [-0.2, -0.15) is 0 Å². The quantitative estimate of drug-likeness (QED) is 0.237. The third-order valence-corrected chi connectivity index (χ3v) is 6.91. The molecule has 7 nitrogen and oxygen atoms in total. The number of carbonyl (C=O) groups is 2. The smallest absolute Gasteiger partial charge is 0.294 e. The van der Waals surface area contributed by atoms with Gasteiger partial charge in [0.25, 0.3) is 5.91 Å². The van der Waals surface area contributed by atoms with Gasteiger partial charge in [-0.1, -0.05) is 39.7 Å². The van der Waals surface area contributed by atoms with E-state index in [0.717, 1.165) is 4.47 Å². The van der Waals surface area contributed by atoms with Crippen LogP contribution in [0.2, 0.25) is 5.02 Å². The molecule has 0 fully saturated rings. The average molecular weight is 583 g/mol. The van der Waals surface area contributed by atoms with Crippen molar-refractivity contribution in [2.75, 3.05) is 11.5 Å². The molecular weight excluding hydrogens is 562 g/mol. The number of anilines is 1. The van der Waals surface area contributed by atoms with E-state index in [-0.39, 0.29) is 22.8 Å². The lowest BCUT2D eigenvalue weighted by Gasteiger charge is -2.28. The second-order valence-electron chi connectivity index (χ2n) is 8.55. The number of rotatable bonds is 6. The number of ketones is 1. The molecule has 0 spiro atoms. The summed E-state index contributed by atoms with van der Waals surface area (Å²) in [5, 5.41) is 22.4. The largest absolute Gasteiger partial charge is 0.504 e. The van der Waals surface area contributed by atoms with Crippen molar-refractivity contribution >= 4 is 55.9 Å². The number of halogens is 2. The molecule has 2 heterocycles. The SMILES string of the molecule is CCOc1cc(C2C(C(=O)c3cc4cc(Br)ccc4o3)=C(O)C(=O)N2c2cc(Cl)ccc2C)ccc1O. The highest BCUT2D eigenvalue weighted by Gasteiger charge is 2.46. The predicted molar refractivity (Wildman–Crippen MR) is 144 cm³/mol. The molecule has 1 atom stereocenters. The maximum Gasteiger partial charge on any atom is 0.294 e. The Morgan fingerprint density at radius 1 is 1.11 bits per heavy atom. The third kappa shape index (κ3) is 4.36. The lowest BCUT2D eigenvalue weighted by Crippen LogP contribution is -2.31. The summed E-state index contributed by atoms with van der Waals surface area (Å²) in [6.07, 6.45) is 0.